The Morgan fingerprint density at radius 2 is 2.47 bits per heavy atom. The number of unbranched alkanes of at least 4 members (excludes halogenated alkanes) is 1. The van der Waals surface area contributed by atoms with Crippen molar-refractivity contribution >= 4 is 5.84 Å². The summed E-state index contributed by atoms with van der Waals surface area (Å²) in [7, 11) is 0. The number of amidine groups is 1. The zero-order valence-electron chi connectivity index (χ0n) is 11.3. The number of ether oxygens (including phenoxy) is 2. The number of nitrogen functional groups attached to an aromatic ring is 1. The molecule has 1 aromatic heterocycles. The second kappa shape index (κ2) is 6.68. The van der Waals surface area contributed by atoms with Gasteiger partial charge in [-0.25, -0.2) is 4.98 Å². The first-order valence-electron chi connectivity index (χ1n) is 6.83. The van der Waals surface area contributed by atoms with Crippen molar-refractivity contribution in [3.8, 4) is 0 Å². The molecule has 0 saturated carbocycles. The predicted molar refractivity (Wildman–Crippen MR) is 72.2 cm³/mol. The van der Waals surface area contributed by atoms with E-state index in [9.17, 15) is 0 Å². The number of hydrogen-bond acceptors (Lipinski definition) is 4. The van der Waals surface area contributed by atoms with Crippen LogP contribution in [0.5, 0.6) is 0 Å². The number of nitrogens with two attached hydrogens (primary N) is 1. The summed E-state index contributed by atoms with van der Waals surface area (Å²) in [6.07, 6.45) is 6.05. The first-order chi connectivity index (χ1) is 9.20. The van der Waals surface area contributed by atoms with Crippen LogP contribution in [0.3, 0.4) is 0 Å². The quantitative estimate of drug-likeness (QED) is 0.398. The maximum absolute atomic E-state index is 7.31. The molecule has 0 aromatic carbocycles. The van der Waals surface area contributed by atoms with Gasteiger partial charge in [-0.05, 0) is 19.3 Å². The fraction of sp³-hybridized carbons (Fsp3) is 0.692. The summed E-state index contributed by atoms with van der Waals surface area (Å²) in [5.41, 5.74) is 6.27. The minimum absolute atomic E-state index is 0.0142. The Labute approximate surface area is 113 Å². The highest BCUT2D eigenvalue weighted by atomic mass is 16.5. The number of H-pyrrole nitrogens is 1. The highest BCUT2D eigenvalue weighted by molar-refractivity contribution is 5.91. The van der Waals surface area contributed by atoms with Crippen molar-refractivity contribution in [2.45, 2.75) is 44.8 Å². The molecule has 0 aliphatic carbocycles. The molecule has 2 rings (SSSR count). The lowest BCUT2D eigenvalue weighted by Gasteiger charge is -2.12. The normalized spacial score (nSPS) is 22.8. The molecule has 2 heterocycles. The van der Waals surface area contributed by atoms with Crippen molar-refractivity contribution in [1.29, 1.82) is 5.41 Å². The Bertz CT molecular complexity index is 419. The summed E-state index contributed by atoms with van der Waals surface area (Å²) in [5.74, 6) is 0.352. The summed E-state index contributed by atoms with van der Waals surface area (Å²) in [6, 6.07) is 0. The average Bonchev–Trinajstić information content (AvgIpc) is 3.03. The van der Waals surface area contributed by atoms with Gasteiger partial charge in [0, 0.05) is 6.61 Å². The minimum atomic E-state index is -0.0521. The lowest BCUT2D eigenvalue weighted by atomic mass is 10.1. The monoisotopic (exact) mass is 266 g/mol. The lowest BCUT2D eigenvalue weighted by molar-refractivity contribution is -0.0173. The van der Waals surface area contributed by atoms with Crippen molar-refractivity contribution in [3.63, 3.8) is 0 Å². The van der Waals surface area contributed by atoms with E-state index >= 15 is 0 Å². The molecular formula is C13H22N4O2. The fourth-order valence-corrected chi connectivity index (χ4v) is 2.15. The molecule has 0 bridgehead atoms. The zero-order valence-corrected chi connectivity index (χ0v) is 11.3. The Balaban J connectivity index is 1.79. The van der Waals surface area contributed by atoms with Gasteiger partial charge in [0.15, 0.2) is 11.7 Å². The van der Waals surface area contributed by atoms with E-state index in [-0.39, 0.29) is 18.0 Å². The Morgan fingerprint density at radius 1 is 1.63 bits per heavy atom. The third-order valence-corrected chi connectivity index (χ3v) is 3.25. The third-order valence-electron chi connectivity index (χ3n) is 3.25. The van der Waals surface area contributed by atoms with Gasteiger partial charge in [-0.2, -0.15) is 0 Å². The Kier molecular flexibility index (Phi) is 4.93. The van der Waals surface area contributed by atoms with Crippen LogP contribution in [-0.4, -0.2) is 35.1 Å². The molecule has 1 fully saturated rings. The second-order valence-corrected chi connectivity index (χ2v) is 4.85. The summed E-state index contributed by atoms with van der Waals surface area (Å²) >= 11 is 0. The molecule has 19 heavy (non-hydrogen) atoms. The van der Waals surface area contributed by atoms with E-state index in [0.717, 1.165) is 38.0 Å². The van der Waals surface area contributed by atoms with E-state index in [1.165, 1.54) is 0 Å². The Morgan fingerprint density at radius 3 is 3.16 bits per heavy atom. The van der Waals surface area contributed by atoms with Gasteiger partial charge < -0.3 is 20.2 Å². The maximum Gasteiger partial charge on any atom is 0.172 e. The number of aromatic nitrogens is 2. The number of imidazole rings is 1. The molecule has 1 aliphatic heterocycles. The minimum Gasteiger partial charge on any atom is -0.381 e. The SMILES string of the molecule is CCCCOC[C@@H]1CCC(c2cnc(C(=N)N)[nH]2)O1. The van der Waals surface area contributed by atoms with E-state index in [1.807, 2.05) is 0 Å². The van der Waals surface area contributed by atoms with Gasteiger partial charge in [0.1, 0.15) is 0 Å². The standard InChI is InChI=1S/C13H22N4O2/c1-2-3-6-18-8-9-4-5-11(19-9)10-7-16-13(17-10)12(14)15/h7,9,11H,2-6,8H2,1H3,(H3,14,15)(H,16,17)/t9-,11?/m0/s1. The summed E-state index contributed by atoms with van der Waals surface area (Å²) in [5, 5.41) is 7.31. The molecule has 6 nitrogen and oxygen atoms in total. The molecule has 1 unspecified atom stereocenters. The average molecular weight is 266 g/mol. The van der Waals surface area contributed by atoms with Crippen LogP contribution in [0.4, 0.5) is 0 Å². The van der Waals surface area contributed by atoms with Crippen LogP contribution < -0.4 is 5.73 Å². The smallest absolute Gasteiger partial charge is 0.172 e. The number of rotatable bonds is 7. The molecule has 1 saturated heterocycles. The third kappa shape index (κ3) is 3.78. The summed E-state index contributed by atoms with van der Waals surface area (Å²) < 4.78 is 11.5. The van der Waals surface area contributed by atoms with E-state index in [0.29, 0.717) is 12.4 Å². The number of hydrogen-bond donors (Lipinski definition) is 3. The summed E-state index contributed by atoms with van der Waals surface area (Å²) in [4.78, 5) is 7.08. The van der Waals surface area contributed by atoms with E-state index in [1.54, 1.807) is 6.20 Å². The van der Waals surface area contributed by atoms with Crippen LogP contribution in [0, 0.1) is 5.41 Å². The Hall–Kier alpha value is -1.40. The van der Waals surface area contributed by atoms with Crippen molar-refractivity contribution in [3.05, 3.63) is 17.7 Å². The first-order valence-corrected chi connectivity index (χ1v) is 6.83. The van der Waals surface area contributed by atoms with Crippen molar-refractivity contribution < 1.29 is 9.47 Å². The van der Waals surface area contributed by atoms with E-state index in [4.69, 9.17) is 20.6 Å². The van der Waals surface area contributed by atoms with E-state index in [2.05, 4.69) is 16.9 Å². The van der Waals surface area contributed by atoms with Crippen molar-refractivity contribution in [2.24, 2.45) is 5.73 Å². The van der Waals surface area contributed by atoms with Crippen LogP contribution >= 0.6 is 0 Å². The van der Waals surface area contributed by atoms with Crippen LogP contribution in [0.2, 0.25) is 0 Å². The maximum atomic E-state index is 7.31. The number of aromatic amines is 1. The van der Waals surface area contributed by atoms with E-state index < -0.39 is 0 Å². The highest BCUT2D eigenvalue weighted by Crippen LogP contribution is 2.31. The van der Waals surface area contributed by atoms with Crippen LogP contribution in [0.25, 0.3) is 0 Å². The van der Waals surface area contributed by atoms with Gasteiger partial charge in [0.2, 0.25) is 0 Å². The van der Waals surface area contributed by atoms with Gasteiger partial charge >= 0.3 is 0 Å². The molecular weight excluding hydrogens is 244 g/mol. The predicted octanol–water partition coefficient (Wildman–Crippen LogP) is 1.73. The number of nitrogens with one attached hydrogen (secondary N) is 2. The molecule has 1 aromatic rings. The van der Waals surface area contributed by atoms with Crippen molar-refractivity contribution in [2.75, 3.05) is 13.2 Å². The first kappa shape index (κ1) is 14.0. The van der Waals surface area contributed by atoms with Crippen LogP contribution in [0.15, 0.2) is 6.20 Å². The summed E-state index contributed by atoms with van der Waals surface area (Å²) in [6.45, 7) is 3.61. The molecule has 6 heteroatoms. The van der Waals surface area contributed by atoms with Gasteiger partial charge in [-0.15, -0.1) is 0 Å². The molecule has 4 N–H and O–H groups in total. The van der Waals surface area contributed by atoms with Crippen LogP contribution in [-0.2, 0) is 9.47 Å². The largest absolute Gasteiger partial charge is 0.381 e. The molecule has 0 radical (unpaired) electrons. The van der Waals surface area contributed by atoms with Gasteiger partial charge in [0.25, 0.3) is 0 Å². The van der Waals surface area contributed by atoms with Gasteiger partial charge in [-0.1, -0.05) is 13.3 Å². The lowest BCUT2D eigenvalue weighted by Crippen LogP contribution is -2.15. The highest BCUT2D eigenvalue weighted by Gasteiger charge is 2.28. The van der Waals surface area contributed by atoms with Crippen LogP contribution in [0.1, 0.15) is 50.2 Å². The molecule has 106 valence electrons. The molecule has 2 atom stereocenters. The number of nitrogens with zero attached hydrogens (tertiary/aromatic N) is 1. The molecule has 0 spiro atoms. The topological polar surface area (TPSA) is 97.0 Å². The second-order valence-electron chi connectivity index (χ2n) is 4.85. The molecule has 1 aliphatic rings. The molecule has 0 amide bonds. The zero-order chi connectivity index (χ0) is 13.7. The van der Waals surface area contributed by atoms with Crippen molar-refractivity contribution in [1.82, 2.24) is 9.97 Å². The van der Waals surface area contributed by atoms with Gasteiger partial charge in [0.05, 0.1) is 30.7 Å². The van der Waals surface area contributed by atoms with Gasteiger partial charge in [-0.3, -0.25) is 5.41 Å². The fourth-order valence-electron chi connectivity index (χ4n) is 2.15.